The number of hydrogen-bond donors (Lipinski definition) is 2. The van der Waals surface area contributed by atoms with Gasteiger partial charge < -0.3 is 5.32 Å². The number of nitrogens with zero attached hydrogens (tertiary/aromatic N) is 2. The van der Waals surface area contributed by atoms with E-state index in [-0.39, 0.29) is 27.1 Å². The van der Waals surface area contributed by atoms with E-state index in [9.17, 15) is 22.8 Å². The zero-order valence-corrected chi connectivity index (χ0v) is 19.8. The zero-order chi connectivity index (χ0) is 23.9. The van der Waals surface area contributed by atoms with Crippen LogP contribution in [0.5, 0.6) is 0 Å². The Morgan fingerprint density at radius 1 is 1.12 bits per heavy atom. The molecular weight excluding hydrogens is 464 g/mol. The maximum atomic E-state index is 13.3. The van der Waals surface area contributed by atoms with Crippen molar-refractivity contribution in [1.82, 2.24) is 14.6 Å². The van der Waals surface area contributed by atoms with E-state index in [0.717, 1.165) is 16.2 Å². The lowest BCUT2D eigenvalue weighted by Crippen LogP contribution is -2.50. The summed E-state index contributed by atoms with van der Waals surface area (Å²) in [4.78, 5) is 44.7. The van der Waals surface area contributed by atoms with Crippen LogP contribution < -0.4 is 10.0 Å². The molecule has 172 valence electrons. The zero-order valence-electron chi connectivity index (χ0n) is 18.2. The summed E-state index contributed by atoms with van der Waals surface area (Å²) in [5, 5.41) is 2.97. The highest BCUT2D eigenvalue weighted by Crippen LogP contribution is 2.31. The molecule has 3 aromatic rings. The average molecular weight is 487 g/mol. The van der Waals surface area contributed by atoms with Crippen LogP contribution in [0.2, 0.25) is 0 Å². The minimum atomic E-state index is -3.62. The van der Waals surface area contributed by atoms with Crippen molar-refractivity contribution in [3.63, 3.8) is 0 Å². The van der Waals surface area contributed by atoms with Gasteiger partial charge in [-0.3, -0.25) is 19.3 Å². The third-order valence-corrected chi connectivity index (χ3v) is 8.07. The Morgan fingerprint density at radius 3 is 2.33 bits per heavy atom. The third kappa shape index (κ3) is 4.03. The van der Waals surface area contributed by atoms with Crippen LogP contribution in [0, 0.1) is 5.92 Å². The van der Waals surface area contributed by atoms with E-state index >= 15 is 0 Å². The van der Waals surface area contributed by atoms with Crippen molar-refractivity contribution >= 4 is 54.4 Å². The van der Waals surface area contributed by atoms with Crippen molar-refractivity contribution in [3.8, 4) is 0 Å². The second kappa shape index (κ2) is 8.65. The first-order valence-corrected chi connectivity index (χ1v) is 12.6. The molecule has 9 nitrogen and oxygen atoms in total. The normalized spacial score (nSPS) is 15.5. The number of rotatable bonds is 7. The van der Waals surface area contributed by atoms with Crippen LogP contribution in [-0.4, -0.2) is 49.1 Å². The molecule has 11 heteroatoms. The number of nitrogens with one attached hydrogen (secondary N) is 2. The van der Waals surface area contributed by atoms with E-state index in [1.807, 2.05) is 6.92 Å². The Balaban J connectivity index is 1.64. The lowest BCUT2D eigenvalue weighted by molar-refractivity contribution is -0.121. The van der Waals surface area contributed by atoms with Crippen LogP contribution in [0.15, 0.2) is 47.4 Å². The molecule has 0 radical (unpaired) electrons. The van der Waals surface area contributed by atoms with Gasteiger partial charge in [0.1, 0.15) is 6.04 Å². The molecule has 2 N–H and O–H groups in total. The molecule has 2 aromatic carbocycles. The van der Waals surface area contributed by atoms with Crippen molar-refractivity contribution in [2.75, 3.05) is 12.4 Å². The van der Waals surface area contributed by atoms with Gasteiger partial charge >= 0.3 is 0 Å². The number of sulfonamides is 1. The summed E-state index contributed by atoms with van der Waals surface area (Å²) in [6.07, 6.45) is 0.566. The van der Waals surface area contributed by atoms with Crippen LogP contribution in [0.4, 0.5) is 5.13 Å². The Bertz CT molecular complexity index is 1350. The monoisotopic (exact) mass is 486 g/mol. The smallest absolute Gasteiger partial charge is 0.262 e. The van der Waals surface area contributed by atoms with Gasteiger partial charge in [0.25, 0.3) is 11.8 Å². The fourth-order valence-corrected chi connectivity index (χ4v) is 5.48. The number of carbonyl (C=O) groups excluding carboxylic acids is 3. The van der Waals surface area contributed by atoms with Gasteiger partial charge in [0.15, 0.2) is 5.13 Å². The molecule has 1 aliphatic heterocycles. The van der Waals surface area contributed by atoms with E-state index in [1.165, 1.54) is 19.2 Å². The van der Waals surface area contributed by atoms with Gasteiger partial charge in [-0.15, -0.1) is 0 Å². The van der Waals surface area contributed by atoms with E-state index in [4.69, 9.17) is 0 Å². The first-order valence-electron chi connectivity index (χ1n) is 10.3. The topological polar surface area (TPSA) is 126 Å². The van der Waals surface area contributed by atoms with Crippen LogP contribution in [0.1, 0.15) is 41.0 Å². The van der Waals surface area contributed by atoms with E-state index in [1.54, 1.807) is 37.3 Å². The number of fused-ring (bicyclic) bond motifs is 2. The Hall–Kier alpha value is -3.15. The summed E-state index contributed by atoms with van der Waals surface area (Å²) in [6.45, 7) is 3.69. The minimum absolute atomic E-state index is 0.0857. The highest BCUT2D eigenvalue weighted by molar-refractivity contribution is 7.89. The Kier molecular flexibility index (Phi) is 6.04. The molecular formula is C22H22N4O5S2. The second-order valence-corrected chi connectivity index (χ2v) is 10.6. The third-order valence-electron chi connectivity index (χ3n) is 5.72. The molecule has 33 heavy (non-hydrogen) atoms. The maximum Gasteiger partial charge on any atom is 0.262 e. The molecule has 4 rings (SSSR count). The number of imide groups is 1. The first kappa shape index (κ1) is 23.0. The fourth-order valence-electron chi connectivity index (χ4n) is 3.74. The van der Waals surface area contributed by atoms with Gasteiger partial charge in [0.05, 0.1) is 26.2 Å². The molecule has 3 amide bonds. The standard InChI is InChI=1S/C22H22N4O5S2/c1-4-12(2)18(26-20(28)14-7-5-6-8-15(14)21(26)29)19(27)25-22-24-16-10-9-13(11-17(16)32-22)33(30,31)23-3/h5-12,18,23H,4H2,1-3H3,(H,24,25,27). The predicted octanol–water partition coefficient (Wildman–Crippen LogP) is 2.85. The van der Waals surface area contributed by atoms with Crippen molar-refractivity contribution in [3.05, 3.63) is 53.6 Å². The number of benzene rings is 2. The minimum Gasteiger partial charge on any atom is -0.300 e. The van der Waals surface area contributed by atoms with Gasteiger partial charge in [0.2, 0.25) is 15.9 Å². The van der Waals surface area contributed by atoms with Gasteiger partial charge in [-0.05, 0) is 43.3 Å². The molecule has 2 atom stereocenters. The van der Waals surface area contributed by atoms with E-state index in [0.29, 0.717) is 16.6 Å². The van der Waals surface area contributed by atoms with E-state index < -0.39 is 33.8 Å². The lowest BCUT2D eigenvalue weighted by atomic mass is 9.96. The van der Waals surface area contributed by atoms with Gasteiger partial charge in [0, 0.05) is 0 Å². The quantitative estimate of drug-likeness (QED) is 0.495. The number of hydrogen-bond acceptors (Lipinski definition) is 7. The molecule has 1 aliphatic rings. The predicted molar refractivity (Wildman–Crippen MR) is 125 cm³/mol. The van der Waals surface area contributed by atoms with Crippen LogP contribution in [0.25, 0.3) is 10.2 Å². The molecule has 2 heterocycles. The number of aromatic nitrogens is 1. The first-order chi connectivity index (χ1) is 15.7. The maximum absolute atomic E-state index is 13.3. The number of anilines is 1. The van der Waals surface area contributed by atoms with Gasteiger partial charge in [-0.25, -0.2) is 18.1 Å². The number of amides is 3. The van der Waals surface area contributed by atoms with E-state index in [2.05, 4.69) is 15.0 Å². The van der Waals surface area contributed by atoms with Crippen molar-refractivity contribution < 1.29 is 22.8 Å². The van der Waals surface area contributed by atoms with Gasteiger partial charge in [-0.2, -0.15) is 0 Å². The lowest BCUT2D eigenvalue weighted by Gasteiger charge is -2.29. The number of carbonyl (C=O) groups is 3. The highest BCUT2D eigenvalue weighted by atomic mass is 32.2. The summed E-state index contributed by atoms with van der Waals surface area (Å²) < 4.78 is 27.0. The van der Waals surface area contributed by atoms with Crippen molar-refractivity contribution in [1.29, 1.82) is 0 Å². The van der Waals surface area contributed by atoms with Crippen LogP contribution in [0.3, 0.4) is 0 Å². The molecule has 0 aliphatic carbocycles. The second-order valence-electron chi connectivity index (χ2n) is 7.70. The molecule has 0 saturated carbocycles. The molecule has 0 fully saturated rings. The molecule has 2 unspecified atom stereocenters. The number of thiazole rings is 1. The Morgan fingerprint density at radius 2 is 1.76 bits per heavy atom. The van der Waals surface area contributed by atoms with Crippen molar-refractivity contribution in [2.45, 2.75) is 31.2 Å². The summed E-state index contributed by atoms with van der Waals surface area (Å²) in [5.74, 6) is -1.82. The van der Waals surface area contributed by atoms with Crippen LogP contribution >= 0.6 is 11.3 Å². The molecule has 1 aromatic heterocycles. The molecule has 0 saturated heterocycles. The highest BCUT2D eigenvalue weighted by Gasteiger charge is 2.44. The average Bonchev–Trinajstić information content (AvgIpc) is 3.32. The Labute approximate surface area is 194 Å². The molecule has 0 bridgehead atoms. The summed E-state index contributed by atoms with van der Waals surface area (Å²) in [5.41, 5.74) is 1.08. The fraction of sp³-hybridized carbons (Fsp3) is 0.273. The SMILES string of the molecule is CCC(C)C(C(=O)Nc1nc2ccc(S(=O)(=O)NC)cc2s1)N1C(=O)c2ccccc2C1=O. The molecule has 0 spiro atoms. The van der Waals surface area contributed by atoms with Crippen LogP contribution in [-0.2, 0) is 14.8 Å². The summed E-state index contributed by atoms with van der Waals surface area (Å²) in [7, 11) is -2.30. The largest absolute Gasteiger partial charge is 0.300 e. The summed E-state index contributed by atoms with van der Waals surface area (Å²) >= 11 is 1.11. The summed E-state index contributed by atoms with van der Waals surface area (Å²) in [6, 6.07) is 9.95. The van der Waals surface area contributed by atoms with Crippen molar-refractivity contribution in [2.24, 2.45) is 5.92 Å². The van der Waals surface area contributed by atoms with Gasteiger partial charge in [-0.1, -0.05) is 43.7 Å².